The number of nitrogens with zero attached hydrogens (tertiary/aromatic N) is 1. The molecule has 82 valence electrons. The lowest BCUT2D eigenvalue weighted by molar-refractivity contribution is 0.482. The Bertz CT molecular complexity index is 486. The number of rotatable bonds is 2. The second-order valence-corrected chi connectivity index (χ2v) is 3.45. The third kappa shape index (κ3) is 2.55. The summed E-state index contributed by atoms with van der Waals surface area (Å²) < 4.78 is 0. The van der Waals surface area contributed by atoms with Gasteiger partial charge in [0.15, 0.2) is 0 Å². The minimum Gasteiger partial charge on any atom is -0.358 e. The Morgan fingerprint density at radius 1 is 1.40 bits per heavy atom. The Labute approximate surface area is 86.5 Å². The van der Waals surface area contributed by atoms with E-state index in [1.165, 1.54) is 0 Å². The molecule has 0 unspecified atom stereocenters. The lowest BCUT2D eigenvalue weighted by Gasteiger charge is -2.17. The van der Waals surface area contributed by atoms with E-state index in [0.717, 1.165) is 0 Å². The predicted molar refractivity (Wildman–Crippen MR) is 57.3 cm³/mol. The standard InChI is InChI=1S/C9H14N4O2/c1-5-7(4-13(3)6(2)10)11-9(15)12-8(5)14/h10H,4H2,1-3H3,(H2,11,12,14,15). The number of amidine groups is 1. The molecule has 1 aromatic rings. The molecule has 0 bridgehead atoms. The molecule has 0 aliphatic rings. The van der Waals surface area contributed by atoms with Crippen LogP contribution < -0.4 is 11.2 Å². The third-order valence-corrected chi connectivity index (χ3v) is 2.25. The zero-order valence-corrected chi connectivity index (χ0v) is 8.97. The predicted octanol–water partition coefficient (Wildman–Crippen LogP) is -0.199. The van der Waals surface area contributed by atoms with Crippen LogP contribution in [0.4, 0.5) is 0 Å². The first kappa shape index (κ1) is 11.2. The van der Waals surface area contributed by atoms with Crippen molar-refractivity contribution >= 4 is 5.84 Å². The van der Waals surface area contributed by atoms with Gasteiger partial charge in [-0.25, -0.2) is 4.79 Å². The second-order valence-electron chi connectivity index (χ2n) is 3.45. The Hall–Kier alpha value is -1.85. The first-order chi connectivity index (χ1) is 6.91. The first-order valence-electron chi connectivity index (χ1n) is 4.50. The normalized spacial score (nSPS) is 10.1. The highest BCUT2D eigenvalue weighted by Gasteiger charge is 2.07. The van der Waals surface area contributed by atoms with Crippen molar-refractivity contribution in [3.63, 3.8) is 0 Å². The molecule has 1 aromatic heterocycles. The fraction of sp³-hybridized carbons (Fsp3) is 0.444. The third-order valence-electron chi connectivity index (χ3n) is 2.25. The van der Waals surface area contributed by atoms with Crippen LogP contribution in [-0.2, 0) is 6.54 Å². The number of aromatic amines is 2. The fourth-order valence-electron chi connectivity index (χ4n) is 1.11. The van der Waals surface area contributed by atoms with Gasteiger partial charge >= 0.3 is 5.69 Å². The van der Waals surface area contributed by atoms with Gasteiger partial charge in [-0.2, -0.15) is 0 Å². The van der Waals surface area contributed by atoms with Crippen LogP contribution in [0.5, 0.6) is 0 Å². The van der Waals surface area contributed by atoms with Crippen LogP contribution in [-0.4, -0.2) is 27.8 Å². The van der Waals surface area contributed by atoms with Crippen LogP contribution in [0.25, 0.3) is 0 Å². The highest BCUT2D eigenvalue weighted by atomic mass is 16.2. The molecular formula is C9H14N4O2. The van der Waals surface area contributed by atoms with E-state index >= 15 is 0 Å². The van der Waals surface area contributed by atoms with Crippen molar-refractivity contribution in [2.24, 2.45) is 0 Å². The summed E-state index contributed by atoms with van der Waals surface area (Å²) in [5, 5.41) is 7.38. The van der Waals surface area contributed by atoms with E-state index in [9.17, 15) is 9.59 Å². The van der Waals surface area contributed by atoms with Crippen molar-refractivity contribution < 1.29 is 0 Å². The summed E-state index contributed by atoms with van der Waals surface area (Å²) in [6.45, 7) is 3.62. The highest BCUT2D eigenvalue weighted by Crippen LogP contribution is 2.00. The molecule has 6 nitrogen and oxygen atoms in total. The maximum Gasteiger partial charge on any atom is 0.325 e. The van der Waals surface area contributed by atoms with Crippen molar-refractivity contribution in [3.8, 4) is 0 Å². The molecule has 0 saturated heterocycles. The molecule has 0 amide bonds. The molecule has 0 atom stereocenters. The fourth-order valence-corrected chi connectivity index (χ4v) is 1.11. The number of H-pyrrole nitrogens is 2. The van der Waals surface area contributed by atoms with Gasteiger partial charge in [0, 0.05) is 18.3 Å². The number of aromatic nitrogens is 2. The van der Waals surface area contributed by atoms with E-state index in [2.05, 4.69) is 9.97 Å². The average Bonchev–Trinajstić information content (AvgIpc) is 2.13. The molecule has 3 N–H and O–H groups in total. The minimum atomic E-state index is -0.517. The maximum absolute atomic E-state index is 11.3. The smallest absolute Gasteiger partial charge is 0.325 e. The molecule has 6 heteroatoms. The molecule has 0 radical (unpaired) electrons. The summed E-state index contributed by atoms with van der Waals surface area (Å²) in [5.74, 6) is 0.371. The van der Waals surface area contributed by atoms with Gasteiger partial charge < -0.3 is 9.88 Å². The van der Waals surface area contributed by atoms with Gasteiger partial charge in [0.1, 0.15) is 0 Å². The summed E-state index contributed by atoms with van der Waals surface area (Å²) in [6, 6.07) is 0. The molecule has 1 rings (SSSR count). The van der Waals surface area contributed by atoms with Crippen molar-refractivity contribution in [3.05, 3.63) is 32.1 Å². The van der Waals surface area contributed by atoms with E-state index in [4.69, 9.17) is 5.41 Å². The number of hydrogen-bond donors (Lipinski definition) is 3. The van der Waals surface area contributed by atoms with E-state index in [1.807, 2.05) is 0 Å². The molecule has 0 fully saturated rings. The Kier molecular flexibility index (Phi) is 3.08. The van der Waals surface area contributed by atoms with Gasteiger partial charge in [-0.15, -0.1) is 0 Å². The van der Waals surface area contributed by atoms with Crippen LogP contribution in [0.3, 0.4) is 0 Å². The molecule has 0 aliphatic carbocycles. The number of nitrogens with one attached hydrogen (secondary N) is 3. The summed E-state index contributed by atoms with van der Waals surface area (Å²) in [6.07, 6.45) is 0. The maximum atomic E-state index is 11.3. The van der Waals surface area contributed by atoms with E-state index in [0.29, 0.717) is 23.6 Å². The summed E-state index contributed by atoms with van der Waals surface area (Å²) >= 11 is 0. The first-order valence-corrected chi connectivity index (χ1v) is 4.50. The van der Waals surface area contributed by atoms with Gasteiger partial charge in [-0.3, -0.25) is 15.2 Å². The lowest BCUT2D eigenvalue weighted by Crippen LogP contribution is -2.31. The SMILES string of the molecule is CC(=N)N(C)Cc1[nH]c(=O)[nH]c(=O)c1C. The molecule has 0 aromatic carbocycles. The van der Waals surface area contributed by atoms with Gasteiger partial charge in [-0.1, -0.05) is 0 Å². The molecule has 1 heterocycles. The van der Waals surface area contributed by atoms with Crippen LogP contribution in [0.1, 0.15) is 18.2 Å². The van der Waals surface area contributed by atoms with Crippen molar-refractivity contribution in [2.75, 3.05) is 7.05 Å². The highest BCUT2D eigenvalue weighted by molar-refractivity contribution is 5.75. The lowest BCUT2D eigenvalue weighted by atomic mass is 10.2. The molecule has 0 aliphatic heterocycles. The van der Waals surface area contributed by atoms with Crippen LogP contribution in [0.2, 0.25) is 0 Å². The van der Waals surface area contributed by atoms with Crippen molar-refractivity contribution in [1.82, 2.24) is 14.9 Å². The molecule has 0 saturated carbocycles. The summed E-state index contributed by atoms with van der Waals surface area (Å²) in [4.78, 5) is 28.6. The quantitative estimate of drug-likeness (QED) is 0.466. The van der Waals surface area contributed by atoms with Crippen molar-refractivity contribution in [2.45, 2.75) is 20.4 Å². The van der Waals surface area contributed by atoms with Crippen LogP contribution >= 0.6 is 0 Å². The van der Waals surface area contributed by atoms with E-state index < -0.39 is 5.69 Å². The van der Waals surface area contributed by atoms with Gasteiger partial charge in [0.25, 0.3) is 5.56 Å². The molecule has 15 heavy (non-hydrogen) atoms. The van der Waals surface area contributed by atoms with E-state index in [-0.39, 0.29) is 5.56 Å². The average molecular weight is 210 g/mol. The van der Waals surface area contributed by atoms with Crippen LogP contribution in [0, 0.1) is 12.3 Å². The summed E-state index contributed by atoms with van der Waals surface area (Å²) in [5.41, 5.74) is 0.113. The van der Waals surface area contributed by atoms with Gasteiger partial charge in [0.2, 0.25) is 0 Å². The monoisotopic (exact) mass is 210 g/mol. The zero-order valence-electron chi connectivity index (χ0n) is 8.97. The van der Waals surface area contributed by atoms with Gasteiger partial charge in [-0.05, 0) is 13.8 Å². The summed E-state index contributed by atoms with van der Waals surface area (Å²) in [7, 11) is 1.72. The van der Waals surface area contributed by atoms with E-state index in [1.54, 1.807) is 25.8 Å². The Morgan fingerprint density at radius 3 is 2.53 bits per heavy atom. The van der Waals surface area contributed by atoms with Gasteiger partial charge in [0.05, 0.1) is 12.4 Å². The van der Waals surface area contributed by atoms with Crippen LogP contribution in [0.15, 0.2) is 9.59 Å². The topological polar surface area (TPSA) is 92.8 Å². The molecule has 0 spiro atoms. The van der Waals surface area contributed by atoms with Crippen molar-refractivity contribution in [1.29, 1.82) is 5.41 Å². The number of hydrogen-bond acceptors (Lipinski definition) is 3. The zero-order chi connectivity index (χ0) is 11.6. The second kappa shape index (κ2) is 4.12. The largest absolute Gasteiger partial charge is 0.358 e. The Morgan fingerprint density at radius 2 is 2.00 bits per heavy atom. The molecular weight excluding hydrogens is 196 g/mol. The minimum absolute atomic E-state index is 0.348. The Balaban J connectivity index is 3.10.